The van der Waals surface area contributed by atoms with Gasteiger partial charge in [0.15, 0.2) is 4.90 Å². The fraction of sp³-hybridized carbons (Fsp3) is 0.500. The Kier molecular flexibility index (Phi) is 7.47. The fourth-order valence-electron chi connectivity index (χ4n) is 3.80. The number of hydrogen-bond acceptors (Lipinski definition) is 6. The first-order valence-electron chi connectivity index (χ1n) is 10.3. The van der Waals surface area contributed by atoms with Crippen LogP contribution in [-0.4, -0.2) is 75.0 Å². The number of hydrogen-bond donors (Lipinski definition) is 2. The molecule has 0 radical (unpaired) electrons. The summed E-state index contributed by atoms with van der Waals surface area (Å²) in [5.41, 5.74) is 0.730. The molecule has 1 aromatic rings. The van der Waals surface area contributed by atoms with Crippen LogP contribution in [0.5, 0.6) is 0 Å². The lowest BCUT2D eigenvalue weighted by Crippen LogP contribution is -2.54. The molecule has 9 nitrogen and oxygen atoms in total. The quantitative estimate of drug-likeness (QED) is 0.577. The molecule has 2 N–H and O–H groups in total. The van der Waals surface area contributed by atoms with Crippen molar-refractivity contribution in [1.82, 2.24) is 19.8 Å². The molecule has 0 aliphatic carbocycles. The number of ether oxygens (including phenoxy) is 1. The van der Waals surface area contributed by atoms with Crippen LogP contribution in [0.1, 0.15) is 20.3 Å². The molecule has 1 saturated heterocycles. The molecule has 3 rings (SSSR count). The van der Waals surface area contributed by atoms with Gasteiger partial charge in [0.1, 0.15) is 11.6 Å². The summed E-state index contributed by atoms with van der Waals surface area (Å²) in [5, 5.41) is 5.35. The van der Waals surface area contributed by atoms with Crippen LogP contribution in [0.15, 0.2) is 34.4 Å². The van der Waals surface area contributed by atoms with E-state index in [0.717, 1.165) is 22.5 Å². The van der Waals surface area contributed by atoms with Crippen molar-refractivity contribution in [1.29, 1.82) is 0 Å². The van der Waals surface area contributed by atoms with E-state index >= 15 is 0 Å². The van der Waals surface area contributed by atoms with E-state index in [2.05, 4.69) is 10.6 Å². The number of halogens is 2. The maximum absolute atomic E-state index is 14.0. The summed E-state index contributed by atoms with van der Waals surface area (Å²) >= 11 is 0. The third-order valence-electron chi connectivity index (χ3n) is 5.38. The summed E-state index contributed by atoms with van der Waals surface area (Å²) in [6.45, 7) is 4.39. The molecule has 1 unspecified atom stereocenters. The van der Waals surface area contributed by atoms with Gasteiger partial charge in [-0.15, -0.1) is 0 Å². The Morgan fingerprint density at radius 1 is 1.16 bits per heavy atom. The number of amides is 2. The van der Waals surface area contributed by atoms with Gasteiger partial charge in [0.05, 0.1) is 18.2 Å². The molecule has 1 fully saturated rings. The van der Waals surface area contributed by atoms with Crippen LogP contribution < -0.4 is 10.6 Å². The molecule has 2 aliphatic heterocycles. The summed E-state index contributed by atoms with van der Waals surface area (Å²) in [6.07, 6.45) is 0.491. The highest BCUT2D eigenvalue weighted by atomic mass is 32.2. The van der Waals surface area contributed by atoms with Crippen molar-refractivity contribution in [3.05, 3.63) is 41.1 Å². The fourth-order valence-corrected chi connectivity index (χ4v) is 5.33. The third kappa shape index (κ3) is 4.92. The van der Waals surface area contributed by atoms with Gasteiger partial charge in [-0.3, -0.25) is 4.90 Å². The number of urea groups is 1. The molecular formula is C20H26F2N4O5S. The van der Waals surface area contributed by atoms with E-state index < -0.39 is 44.6 Å². The zero-order valence-corrected chi connectivity index (χ0v) is 18.7. The lowest BCUT2D eigenvalue weighted by molar-refractivity contribution is -0.139. The number of carbonyl (C=O) groups is 2. The largest absolute Gasteiger partial charge is 0.463 e. The number of esters is 1. The SMILES string of the molecule is CCOC(=O)C1=C(CN2CCN(S(=O)(=O)c3c(F)cccc3F)CC2)NC(=O)NC1CC. The van der Waals surface area contributed by atoms with E-state index in [1.165, 1.54) is 0 Å². The molecule has 0 spiro atoms. The van der Waals surface area contributed by atoms with Crippen molar-refractivity contribution in [2.45, 2.75) is 31.2 Å². The van der Waals surface area contributed by atoms with Crippen LogP contribution >= 0.6 is 0 Å². The van der Waals surface area contributed by atoms with Crippen LogP contribution in [0.4, 0.5) is 13.6 Å². The molecule has 2 aliphatic rings. The average Bonchev–Trinajstić information content (AvgIpc) is 2.73. The first-order chi connectivity index (χ1) is 15.2. The minimum Gasteiger partial charge on any atom is -0.463 e. The molecule has 0 aromatic heterocycles. The zero-order chi connectivity index (χ0) is 23.5. The second-order valence-corrected chi connectivity index (χ2v) is 9.28. The van der Waals surface area contributed by atoms with E-state index in [9.17, 15) is 26.8 Å². The second-order valence-electron chi connectivity index (χ2n) is 7.40. The number of carbonyl (C=O) groups excluding carboxylic acids is 2. The van der Waals surface area contributed by atoms with E-state index in [1.54, 1.807) is 6.92 Å². The predicted molar refractivity (Wildman–Crippen MR) is 111 cm³/mol. The van der Waals surface area contributed by atoms with E-state index in [1.807, 2.05) is 11.8 Å². The highest BCUT2D eigenvalue weighted by Gasteiger charge is 2.35. The van der Waals surface area contributed by atoms with Crippen LogP contribution in [-0.2, 0) is 19.6 Å². The normalized spacial score (nSPS) is 20.6. The van der Waals surface area contributed by atoms with Gasteiger partial charge in [-0.2, -0.15) is 4.31 Å². The molecule has 0 bridgehead atoms. The number of nitrogens with zero attached hydrogens (tertiary/aromatic N) is 2. The van der Waals surface area contributed by atoms with E-state index in [0.29, 0.717) is 17.7 Å². The molecule has 2 heterocycles. The number of sulfonamides is 1. The molecule has 2 amide bonds. The molecule has 1 atom stereocenters. The molecular weight excluding hydrogens is 446 g/mol. The van der Waals surface area contributed by atoms with Crippen molar-refractivity contribution in [2.24, 2.45) is 0 Å². The van der Waals surface area contributed by atoms with Crippen LogP contribution in [0.3, 0.4) is 0 Å². The number of rotatable bonds is 7. The number of nitrogens with one attached hydrogen (secondary N) is 2. The first-order valence-corrected chi connectivity index (χ1v) is 11.8. The van der Waals surface area contributed by atoms with Gasteiger partial charge in [-0.05, 0) is 25.5 Å². The summed E-state index contributed by atoms with van der Waals surface area (Å²) in [5.74, 6) is -2.81. The molecule has 0 saturated carbocycles. The average molecular weight is 473 g/mol. The maximum atomic E-state index is 14.0. The van der Waals surface area contributed by atoms with Gasteiger partial charge < -0.3 is 15.4 Å². The second kappa shape index (κ2) is 9.92. The van der Waals surface area contributed by atoms with Crippen LogP contribution in [0, 0.1) is 11.6 Å². The minimum atomic E-state index is -4.34. The van der Waals surface area contributed by atoms with Gasteiger partial charge in [-0.25, -0.2) is 26.8 Å². The van der Waals surface area contributed by atoms with Gasteiger partial charge in [-0.1, -0.05) is 13.0 Å². The van der Waals surface area contributed by atoms with Crippen molar-refractivity contribution >= 4 is 22.0 Å². The minimum absolute atomic E-state index is 0.00152. The molecule has 12 heteroatoms. The first kappa shape index (κ1) is 24.1. The van der Waals surface area contributed by atoms with Gasteiger partial charge >= 0.3 is 12.0 Å². The Balaban J connectivity index is 1.75. The molecule has 176 valence electrons. The van der Waals surface area contributed by atoms with Crippen LogP contribution in [0.25, 0.3) is 0 Å². The smallest absolute Gasteiger partial charge is 0.337 e. The Labute approximate surface area is 185 Å². The number of piperazine rings is 1. The lowest BCUT2D eigenvalue weighted by Gasteiger charge is -2.36. The third-order valence-corrected chi connectivity index (χ3v) is 7.33. The van der Waals surface area contributed by atoms with Crippen molar-refractivity contribution in [3.8, 4) is 0 Å². The monoisotopic (exact) mass is 472 g/mol. The highest BCUT2D eigenvalue weighted by Crippen LogP contribution is 2.24. The Bertz CT molecular complexity index is 1000. The number of benzene rings is 1. The van der Waals surface area contributed by atoms with Gasteiger partial charge in [0.25, 0.3) is 0 Å². The zero-order valence-electron chi connectivity index (χ0n) is 17.9. The van der Waals surface area contributed by atoms with Gasteiger partial charge in [0, 0.05) is 38.4 Å². The summed E-state index contributed by atoms with van der Waals surface area (Å²) in [4.78, 5) is 25.4. The lowest BCUT2D eigenvalue weighted by atomic mass is 10.00. The van der Waals surface area contributed by atoms with Crippen molar-refractivity contribution < 1.29 is 31.5 Å². The summed E-state index contributed by atoms with van der Waals surface area (Å²) < 4.78 is 59.7. The van der Waals surface area contributed by atoms with E-state index in [4.69, 9.17) is 4.74 Å². The Morgan fingerprint density at radius 2 is 1.78 bits per heavy atom. The standard InChI is InChI=1S/C20H26F2N4O5S/c1-3-15-17(19(27)31-4-2)16(24-20(28)23-15)12-25-8-10-26(11-9-25)32(29,30)18-13(21)6-5-7-14(18)22/h5-7,15H,3-4,8-12H2,1-2H3,(H2,23,24,28). The van der Waals surface area contributed by atoms with Crippen molar-refractivity contribution in [2.75, 3.05) is 39.3 Å². The van der Waals surface area contributed by atoms with Crippen molar-refractivity contribution in [3.63, 3.8) is 0 Å². The highest BCUT2D eigenvalue weighted by molar-refractivity contribution is 7.89. The molecule has 32 heavy (non-hydrogen) atoms. The predicted octanol–water partition coefficient (Wildman–Crippen LogP) is 1.18. The Morgan fingerprint density at radius 3 is 2.34 bits per heavy atom. The molecule has 1 aromatic carbocycles. The summed E-state index contributed by atoms with van der Waals surface area (Å²) in [7, 11) is -4.34. The maximum Gasteiger partial charge on any atom is 0.337 e. The Hall–Kier alpha value is -2.57. The van der Waals surface area contributed by atoms with Crippen LogP contribution in [0.2, 0.25) is 0 Å². The van der Waals surface area contributed by atoms with Gasteiger partial charge in [0.2, 0.25) is 10.0 Å². The topological polar surface area (TPSA) is 108 Å². The summed E-state index contributed by atoms with van der Waals surface area (Å²) in [6, 6.07) is 1.98. The van der Waals surface area contributed by atoms with E-state index in [-0.39, 0.29) is 39.3 Å².